The molecule has 0 atom stereocenters. The molecule has 0 aliphatic rings. The Labute approximate surface area is 111 Å². The maximum absolute atomic E-state index is 12.4. The summed E-state index contributed by atoms with van der Waals surface area (Å²) in [5.74, 6) is -0.775. The first-order valence-corrected chi connectivity index (χ1v) is 5.32. The summed E-state index contributed by atoms with van der Waals surface area (Å²) in [5.41, 5.74) is -2.45. The molecule has 0 aliphatic carbocycles. The van der Waals surface area contributed by atoms with E-state index >= 15 is 0 Å². The molecule has 9 heteroatoms. The van der Waals surface area contributed by atoms with Gasteiger partial charge >= 0.3 is 12.1 Å². The first-order valence-electron chi connectivity index (χ1n) is 5.32. The number of nitrogens with zero attached hydrogens (tertiary/aromatic N) is 2. The summed E-state index contributed by atoms with van der Waals surface area (Å²) in [6, 6.07) is 0.359. The Kier molecular flexibility index (Phi) is 4.78. The zero-order chi connectivity index (χ0) is 15.3. The fourth-order valence-electron chi connectivity index (χ4n) is 1.23. The van der Waals surface area contributed by atoms with E-state index < -0.39 is 28.3 Å². The summed E-state index contributed by atoms with van der Waals surface area (Å²) in [6.07, 6.45) is -2.50. The molecule has 0 spiro atoms. The number of esters is 1. The third kappa shape index (κ3) is 4.04. The van der Waals surface area contributed by atoms with Crippen LogP contribution in [-0.4, -0.2) is 22.5 Å². The molecule has 0 saturated carbocycles. The van der Waals surface area contributed by atoms with Gasteiger partial charge in [-0.1, -0.05) is 0 Å². The minimum Gasteiger partial charge on any atom is -0.463 e. The van der Waals surface area contributed by atoms with Crippen molar-refractivity contribution in [1.29, 1.82) is 0 Å². The molecule has 1 aromatic rings. The predicted molar refractivity (Wildman–Crippen MR) is 61.6 cm³/mol. The van der Waals surface area contributed by atoms with Gasteiger partial charge in [0.25, 0.3) is 5.69 Å². The van der Waals surface area contributed by atoms with E-state index in [1.54, 1.807) is 6.92 Å². The lowest BCUT2D eigenvalue weighted by Gasteiger charge is -2.06. The van der Waals surface area contributed by atoms with Crippen molar-refractivity contribution in [3.05, 3.63) is 39.7 Å². The van der Waals surface area contributed by atoms with E-state index in [4.69, 9.17) is 0 Å². The SMILES string of the molecule is CCOC(=O)/C=C/c1ncc(C(F)(F)F)cc1[N+](=O)[O-]. The van der Waals surface area contributed by atoms with Crippen molar-refractivity contribution >= 4 is 17.7 Å². The molecule has 0 radical (unpaired) electrons. The highest BCUT2D eigenvalue weighted by Gasteiger charge is 2.33. The van der Waals surface area contributed by atoms with Crippen molar-refractivity contribution < 1.29 is 27.6 Å². The number of aromatic nitrogens is 1. The highest BCUT2D eigenvalue weighted by atomic mass is 19.4. The Morgan fingerprint density at radius 3 is 2.70 bits per heavy atom. The van der Waals surface area contributed by atoms with Gasteiger partial charge in [-0.3, -0.25) is 10.1 Å². The average molecular weight is 290 g/mol. The quantitative estimate of drug-likeness (QED) is 0.368. The van der Waals surface area contributed by atoms with Gasteiger partial charge in [0.05, 0.1) is 17.1 Å². The fourth-order valence-corrected chi connectivity index (χ4v) is 1.23. The zero-order valence-corrected chi connectivity index (χ0v) is 10.2. The molecule has 1 aromatic heterocycles. The zero-order valence-electron chi connectivity index (χ0n) is 10.2. The molecule has 0 aromatic carbocycles. The van der Waals surface area contributed by atoms with Crippen molar-refractivity contribution in [3.63, 3.8) is 0 Å². The second-order valence-corrected chi connectivity index (χ2v) is 3.47. The number of ether oxygens (including phenoxy) is 1. The molecule has 6 nitrogen and oxygen atoms in total. The van der Waals surface area contributed by atoms with Crippen molar-refractivity contribution in [2.45, 2.75) is 13.1 Å². The molecule has 20 heavy (non-hydrogen) atoms. The lowest BCUT2D eigenvalue weighted by molar-refractivity contribution is -0.385. The molecule has 1 heterocycles. The Morgan fingerprint density at radius 1 is 1.55 bits per heavy atom. The lowest BCUT2D eigenvalue weighted by Crippen LogP contribution is -2.07. The average Bonchev–Trinajstić information content (AvgIpc) is 2.35. The van der Waals surface area contributed by atoms with E-state index in [2.05, 4.69) is 9.72 Å². The number of carbonyl (C=O) groups excluding carboxylic acids is 1. The van der Waals surface area contributed by atoms with Gasteiger partial charge in [-0.2, -0.15) is 13.2 Å². The molecule has 0 amide bonds. The predicted octanol–water partition coefficient (Wildman–Crippen LogP) is 2.58. The molecular weight excluding hydrogens is 281 g/mol. The van der Waals surface area contributed by atoms with Crippen LogP contribution in [0.25, 0.3) is 6.08 Å². The number of halogens is 3. The Hall–Kier alpha value is -2.45. The summed E-state index contributed by atoms with van der Waals surface area (Å²) in [5, 5.41) is 10.7. The number of rotatable bonds is 4. The van der Waals surface area contributed by atoms with Crippen LogP contribution in [0.4, 0.5) is 18.9 Å². The van der Waals surface area contributed by atoms with E-state index in [0.29, 0.717) is 12.3 Å². The van der Waals surface area contributed by atoms with Crippen molar-refractivity contribution in [1.82, 2.24) is 4.98 Å². The Morgan fingerprint density at radius 2 is 2.20 bits per heavy atom. The van der Waals surface area contributed by atoms with E-state index in [0.717, 1.165) is 12.2 Å². The topological polar surface area (TPSA) is 82.3 Å². The van der Waals surface area contributed by atoms with Crippen LogP contribution in [0.15, 0.2) is 18.3 Å². The summed E-state index contributed by atoms with van der Waals surface area (Å²) in [4.78, 5) is 24.1. The van der Waals surface area contributed by atoms with Crippen molar-refractivity contribution in [2.75, 3.05) is 6.61 Å². The third-order valence-corrected chi connectivity index (χ3v) is 2.09. The van der Waals surface area contributed by atoms with Crippen LogP contribution in [0.3, 0.4) is 0 Å². The molecule has 0 fully saturated rings. The second kappa shape index (κ2) is 6.13. The Bertz CT molecular complexity index is 555. The smallest absolute Gasteiger partial charge is 0.418 e. The van der Waals surface area contributed by atoms with Crippen molar-refractivity contribution in [3.8, 4) is 0 Å². The van der Waals surface area contributed by atoms with Crippen LogP contribution in [0.5, 0.6) is 0 Å². The molecule has 0 unspecified atom stereocenters. The molecule has 0 bridgehead atoms. The number of hydrogen-bond donors (Lipinski definition) is 0. The van der Waals surface area contributed by atoms with Crippen LogP contribution in [-0.2, 0) is 15.7 Å². The van der Waals surface area contributed by atoms with E-state index in [-0.39, 0.29) is 12.3 Å². The van der Waals surface area contributed by atoms with Gasteiger partial charge < -0.3 is 4.74 Å². The molecular formula is C11H9F3N2O4. The van der Waals surface area contributed by atoms with Crippen LogP contribution >= 0.6 is 0 Å². The number of nitro groups is 1. The second-order valence-electron chi connectivity index (χ2n) is 3.47. The maximum Gasteiger partial charge on any atom is 0.418 e. The number of carbonyl (C=O) groups is 1. The molecule has 0 N–H and O–H groups in total. The highest BCUT2D eigenvalue weighted by molar-refractivity contribution is 5.87. The first-order chi connectivity index (χ1) is 9.25. The van der Waals surface area contributed by atoms with Gasteiger partial charge in [0, 0.05) is 18.3 Å². The summed E-state index contributed by atoms with van der Waals surface area (Å²) < 4.78 is 41.8. The van der Waals surface area contributed by atoms with E-state index in [1.165, 1.54) is 0 Å². The number of pyridine rings is 1. The number of hydrogen-bond acceptors (Lipinski definition) is 5. The standard InChI is InChI=1S/C11H9F3N2O4/c1-2-20-10(17)4-3-8-9(16(18)19)5-7(6-15-8)11(12,13)14/h3-6H,2H2,1H3/b4-3+. The maximum atomic E-state index is 12.4. The molecule has 108 valence electrons. The van der Waals surface area contributed by atoms with Crippen LogP contribution < -0.4 is 0 Å². The van der Waals surface area contributed by atoms with Crippen LogP contribution in [0.1, 0.15) is 18.2 Å². The van der Waals surface area contributed by atoms with Gasteiger partial charge in [-0.25, -0.2) is 9.78 Å². The van der Waals surface area contributed by atoms with E-state index in [9.17, 15) is 28.1 Å². The Balaban J connectivity index is 3.15. The van der Waals surface area contributed by atoms with Gasteiger partial charge in [-0.05, 0) is 13.0 Å². The van der Waals surface area contributed by atoms with Gasteiger partial charge in [0.1, 0.15) is 5.69 Å². The molecule has 0 saturated heterocycles. The minimum atomic E-state index is -4.73. The summed E-state index contributed by atoms with van der Waals surface area (Å²) in [7, 11) is 0. The number of alkyl halides is 3. The highest BCUT2D eigenvalue weighted by Crippen LogP contribution is 2.32. The van der Waals surface area contributed by atoms with Gasteiger partial charge in [0.2, 0.25) is 0 Å². The fraction of sp³-hybridized carbons (Fsp3) is 0.273. The van der Waals surface area contributed by atoms with Crippen LogP contribution in [0, 0.1) is 10.1 Å². The lowest BCUT2D eigenvalue weighted by atomic mass is 10.2. The van der Waals surface area contributed by atoms with Crippen LogP contribution in [0.2, 0.25) is 0 Å². The summed E-state index contributed by atoms with van der Waals surface area (Å²) in [6.45, 7) is 1.66. The molecule has 1 rings (SSSR count). The van der Waals surface area contributed by atoms with Crippen molar-refractivity contribution in [2.24, 2.45) is 0 Å². The summed E-state index contributed by atoms with van der Waals surface area (Å²) >= 11 is 0. The monoisotopic (exact) mass is 290 g/mol. The first kappa shape index (κ1) is 15.6. The van der Waals surface area contributed by atoms with Gasteiger partial charge in [0.15, 0.2) is 0 Å². The largest absolute Gasteiger partial charge is 0.463 e. The third-order valence-electron chi connectivity index (χ3n) is 2.09. The minimum absolute atomic E-state index is 0.103. The molecule has 0 aliphatic heterocycles. The normalized spacial score (nSPS) is 11.6. The van der Waals surface area contributed by atoms with Gasteiger partial charge in [-0.15, -0.1) is 0 Å². The van der Waals surface area contributed by atoms with E-state index in [1.807, 2.05) is 0 Å².